The lowest BCUT2D eigenvalue weighted by molar-refractivity contribution is -0.384. The molecule has 1 saturated heterocycles. The van der Waals surface area contributed by atoms with E-state index in [0.717, 1.165) is 42.6 Å². The van der Waals surface area contributed by atoms with Crippen molar-refractivity contribution in [1.29, 1.82) is 0 Å². The molecule has 0 spiro atoms. The summed E-state index contributed by atoms with van der Waals surface area (Å²) in [6, 6.07) is 25.5. The van der Waals surface area contributed by atoms with Gasteiger partial charge in [-0.1, -0.05) is 56.7 Å². The lowest BCUT2D eigenvalue weighted by Gasteiger charge is -2.43. The number of allylic oxidation sites excluding steroid dienone is 2. The molecule has 0 radical (unpaired) electrons. The van der Waals surface area contributed by atoms with Crippen LogP contribution in [0.1, 0.15) is 38.7 Å². The van der Waals surface area contributed by atoms with E-state index in [-0.39, 0.29) is 16.0 Å². The summed E-state index contributed by atoms with van der Waals surface area (Å²) >= 11 is 0. The van der Waals surface area contributed by atoms with Gasteiger partial charge in [0.25, 0.3) is 5.69 Å². The minimum atomic E-state index is -2.68. The predicted octanol–water partition coefficient (Wildman–Crippen LogP) is 7.89. The summed E-state index contributed by atoms with van der Waals surface area (Å²) in [5.41, 5.74) is 5.20. The minimum absolute atomic E-state index is 0.0626. The van der Waals surface area contributed by atoms with Crippen LogP contribution in [0.15, 0.2) is 99.7 Å². The standard InChI is InChI=1S/C30H33N6O2P/c1-30(2)26-14-8-9-15-27(26)33(3)29(30)28-22-31-35(24-12-6-4-7-13-24)39(28,34-20-10-5-11-21-34)32-23-16-18-25(19-17-23)36(37)38/h4,6-9,12-19,22H,5,10-11,20-21H2,1-3H3/b29-28+/t39-/m0/s1. The zero-order valence-electron chi connectivity index (χ0n) is 22.6. The van der Waals surface area contributed by atoms with Crippen LogP contribution in [0.5, 0.6) is 0 Å². The molecule has 9 heteroatoms. The van der Waals surface area contributed by atoms with Crippen LogP contribution < -0.4 is 9.68 Å². The van der Waals surface area contributed by atoms with E-state index in [9.17, 15) is 10.1 Å². The number of nitrogens with zero attached hydrogens (tertiary/aromatic N) is 6. The van der Waals surface area contributed by atoms with Crippen molar-refractivity contribution in [2.45, 2.75) is 38.5 Å². The molecule has 8 nitrogen and oxygen atoms in total. The van der Waals surface area contributed by atoms with E-state index in [0.29, 0.717) is 0 Å². The van der Waals surface area contributed by atoms with Gasteiger partial charge in [-0.05, 0) is 48.7 Å². The molecular weight excluding hydrogens is 507 g/mol. The van der Waals surface area contributed by atoms with Gasteiger partial charge in [0.1, 0.15) is 0 Å². The smallest absolute Gasteiger partial charge is 0.269 e. The lowest BCUT2D eigenvalue weighted by atomic mass is 9.84. The van der Waals surface area contributed by atoms with Crippen LogP contribution in [0, 0.1) is 10.1 Å². The van der Waals surface area contributed by atoms with E-state index in [1.165, 1.54) is 23.4 Å². The predicted molar refractivity (Wildman–Crippen MR) is 160 cm³/mol. The molecular formula is C30H33N6O2P. The zero-order valence-corrected chi connectivity index (χ0v) is 23.5. The number of likely N-dealkylation sites (N-methyl/N-ethyl adjacent to an activating group) is 1. The second kappa shape index (κ2) is 9.78. The van der Waals surface area contributed by atoms with Crippen LogP contribution in [0.25, 0.3) is 0 Å². The number of hydrogen-bond donors (Lipinski definition) is 0. The first-order valence-corrected chi connectivity index (χ1v) is 15.1. The molecule has 39 heavy (non-hydrogen) atoms. The molecule has 0 aromatic heterocycles. The number of benzene rings is 3. The number of para-hydroxylation sites is 2. The molecule has 3 heterocycles. The molecule has 3 aromatic carbocycles. The molecule has 200 valence electrons. The Labute approximate surface area is 229 Å². The summed E-state index contributed by atoms with van der Waals surface area (Å²) in [7, 11) is -0.538. The number of hydrogen-bond acceptors (Lipinski definition) is 5. The number of fused-ring (bicyclic) bond motifs is 1. The Morgan fingerprint density at radius 3 is 2.26 bits per heavy atom. The molecule has 3 aliphatic rings. The SMILES string of the molecule is CN1/C(=C2\C=NN(c3ccccc3)[P@@]2(=Nc2ccc([N+](=O)[O-])cc2)N2CCCCC2)C(C)(C)c2ccccc21. The first kappa shape index (κ1) is 25.5. The van der Waals surface area contributed by atoms with E-state index >= 15 is 0 Å². The average molecular weight is 541 g/mol. The van der Waals surface area contributed by atoms with Crippen molar-refractivity contribution < 1.29 is 4.92 Å². The summed E-state index contributed by atoms with van der Waals surface area (Å²) in [6.45, 7) is 6.41. The van der Waals surface area contributed by atoms with Gasteiger partial charge in [0, 0.05) is 49.1 Å². The molecule has 0 unspecified atom stereocenters. The van der Waals surface area contributed by atoms with Gasteiger partial charge in [0.2, 0.25) is 0 Å². The van der Waals surface area contributed by atoms with Crippen molar-refractivity contribution in [2.75, 3.05) is 29.8 Å². The van der Waals surface area contributed by atoms with E-state index in [1.54, 1.807) is 24.3 Å². The Morgan fingerprint density at radius 1 is 0.923 bits per heavy atom. The van der Waals surface area contributed by atoms with E-state index in [1.807, 2.05) is 24.4 Å². The van der Waals surface area contributed by atoms with E-state index < -0.39 is 7.36 Å². The highest BCUT2D eigenvalue weighted by Gasteiger charge is 2.49. The van der Waals surface area contributed by atoms with Gasteiger partial charge in [0.15, 0.2) is 7.36 Å². The van der Waals surface area contributed by atoms with Crippen molar-refractivity contribution in [1.82, 2.24) is 4.67 Å². The molecule has 0 aliphatic carbocycles. The molecule has 3 aliphatic heterocycles. The normalized spacial score (nSPS) is 24.2. The Balaban J connectivity index is 1.67. The Kier molecular flexibility index (Phi) is 6.40. The number of nitro groups is 1. The minimum Gasteiger partial charge on any atom is -0.346 e. The highest BCUT2D eigenvalue weighted by molar-refractivity contribution is 7.71. The van der Waals surface area contributed by atoms with Gasteiger partial charge in [0.05, 0.1) is 27.8 Å². The van der Waals surface area contributed by atoms with Crippen molar-refractivity contribution >= 4 is 36.3 Å². The highest BCUT2D eigenvalue weighted by atomic mass is 31.2. The van der Waals surface area contributed by atoms with Crippen molar-refractivity contribution in [3.8, 4) is 0 Å². The summed E-state index contributed by atoms with van der Waals surface area (Å²) in [5.74, 6) is 0. The Hall–Kier alpha value is -3.74. The third kappa shape index (κ3) is 4.10. The van der Waals surface area contributed by atoms with Crippen LogP contribution in [0.3, 0.4) is 0 Å². The quantitative estimate of drug-likeness (QED) is 0.191. The van der Waals surface area contributed by atoms with Gasteiger partial charge in [-0.2, -0.15) is 5.10 Å². The first-order valence-electron chi connectivity index (χ1n) is 13.4. The van der Waals surface area contributed by atoms with Gasteiger partial charge in [-0.3, -0.25) is 10.1 Å². The molecule has 3 aromatic rings. The maximum atomic E-state index is 11.4. The number of rotatable bonds is 4. The maximum absolute atomic E-state index is 11.4. The molecule has 6 rings (SSSR count). The van der Waals surface area contributed by atoms with E-state index in [2.05, 4.69) is 71.6 Å². The lowest BCUT2D eigenvalue weighted by Crippen LogP contribution is -2.34. The number of nitro benzene ring substituents is 1. The second-order valence-electron chi connectivity index (χ2n) is 10.8. The summed E-state index contributed by atoms with van der Waals surface area (Å²) < 4.78 is 10.3. The third-order valence-corrected chi connectivity index (χ3v) is 11.5. The van der Waals surface area contributed by atoms with Crippen LogP contribution in [0.2, 0.25) is 0 Å². The monoisotopic (exact) mass is 540 g/mol. The fraction of sp³-hybridized carbons (Fsp3) is 0.300. The largest absolute Gasteiger partial charge is 0.346 e. The van der Waals surface area contributed by atoms with Gasteiger partial charge < -0.3 is 4.90 Å². The zero-order chi connectivity index (χ0) is 27.2. The average Bonchev–Trinajstić information content (AvgIpc) is 3.42. The van der Waals surface area contributed by atoms with Crippen LogP contribution in [0.4, 0.5) is 22.7 Å². The van der Waals surface area contributed by atoms with Crippen molar-refractivity contribution in [3.63, 3.8) is 0 Å². The molecule has 1 fully saturated rings. The Bertz CT molecular complexity index is 1520. The number of anilines is 2. The van der Waals surface area contributed by atoms with Crippen LogP contribution in [-0.4, -0.2) is 35.9 Å². The fourth-order valence-electron chi connectivity index (χ4n) is 6.20. The fourth-order valence-corrected chi connectivity index (χ4v) is 10.1. The Morgan fingerprint density at radius 2 is 1.59 bits per heavy atom. The molecule has 0 saturated carbocycles. The molecule has 0 amide bonds. The number of non-ortho nitro benzene ring substituents is 1. The van der Waals surface area contributed by atoms with Gasteiger partial charge in [-0.25, -0.2) is 14.2 Å². The highest BCUT2D eigenvalue weighted by Crippen LogP contribution is 2.71. The summed E-state index contributed by atoms with van der Waals surface area (Å²) in [6.07, 6.45) is 5.43. The van der Waals surface area contributed by atoms with Crippen molar-refractivity contribution in [3.05, 3.63) is 106 Å². The molecule has 0 N–H and O–H groups in total. The van der Waals surface area contributed by atoms with Crippen molar-refractivity contribution in [2.24, 2.45) is 9.85 Å². The topological polar surface area (TPSA) is 77.6 Å². The van der Waals surface area contributed by atoms with Crippen LogP contribution >= 0.6 is 7.36 Å². The van der Waals surface area contributed by atoms with Gasteiger partial charge >= 0.3 is 0 Å². The second-order valence-corrected chi connectivity index (χ2v) is 13.5. The summed E-state index contributed by atoms with van der Waals surface area (Å²) in [4.78, 5) is 13.3. The third-order valence-electron chi connectivity index (χ3n) is 8.01. The number of piperidine rings is 1. The number of hydrazone groups is 1. The van der Waals surface area contributed by atoms with Crippen LogP contribution in [-0.2, 0) is 5.41 Å². The molecule has 1 atom stereocenters. The summed E-state index contributed by atoms with van der Waals surface area (Å²) in [5, 5.41) is 17.6. The maximum Gasteiger partial charge on any atom is 0.269 e. The first-order chi connectivity index (χ1) is 18.8. The van der Waals surface area contributed by atoms with Gasteiger partial charge in [-0.15, -0.1) is 0 Å². The van der Waals surface area contributed by atoms with E-state index in [4.69, 9.17) is 9.85 Å². The molecule has 0 bridgehead atoms.